The Balaban J connectivity index is 1.23. The predicted octanol–water partition coefficient (Wildman–Crippen LogP) is 6.18. The van der Waals surface area contributed by atoms with E-state index in [1.54, 1.807) is 30.3 Å². The number of amides is 3. The number of nitrogens with one attached hydrogen (secondary N) is 2. The van der Waals surface area contributed by atoms with Crippen molar-refractivity contribution in [3.8, 4) is 5.75 Å². The van der Waals surface area contributed by atoms with Gasteiger partial charge in [-0.15, -0.1) is 0 Å². The Morgan fingerprint density at radius 1 is 0.884 bits per heavy atom. The summed E-state index contributed by atoms with van der Waals surface area (Å²) in [6.45, 7) is 4.89. The van der Waals surface area contributed by atoms with Crippen molar-refractivity contribution in [2.24, 2.45) is 0 Å². The summed E-state index contributed by atoms with van der Waals surface area (Å²) in [5.74, 6) is -1.39. The Bertz CT molecular complexity index is 1460. The zero-order valence-corrected chi connectivity index (χ0v) is 25.3. The lowest BCUT2D eigenvalue weighted by Crippen LogP contribution is -2.42. The molecule has 1 unspecified atom stereocenters. The van der Waals surface area contributed by atoms with Gasteiger partial charge in [0.15, 0.2) is 0 Å². The van der Waals surface area contributed by atoms with Crippen LogP contribution in [0.15, 0.2) is 54.7 Å². The predicted molar refractivity (Wildman–Crippen MR) is 168 cm³/mol. The fourth-order valence-electron chi connectivity index (χ4n) is 5.73. The average molecular weight is 625 g/mol. The molecule has 3 aromatic rings. The number of hydrogen-bond acceptors (Lipinski definition) is 6. The van der Waals surface area contributed by atoms with Gasteiger partial charge in [0.2, 0.25) is 5.91 Å². The monoisotopic (exact) mass is 623 g/mol. The Labute approximate surface area is 261 Å². The maximum absolute atomic E-state index is 13.3. The normalized spacial score (nSPS) is 17.5. The Kier molecular flexibility index (Phi) is 10.2. The summed E-state index contributed by atoms with van der Waals surface area (Å²) in [6, 6.07) is 12.6. The summed E-state index contributed by atoms with van der Waals surface area (Å²) in [5, 5.41) is 16.3. The second-order valence-electron chi connectivity index (χ2n) is 11.0. The molecule has 0 radical (unpaired) electrons. The molecule has 3 amide bonds. The maximum Gasteiger partial charge on any atom is 0.259 e. The first-order valence-electron chi connectivity index (χ1n) is 14.7. The highest BCUT2D eigenvalue weighted by Crippen LogP contribution is 2.33. The van der Waals surface area contributed by atoms with E-state index in [1.807, 2.05) is 4.90 Å². The van der Waals surface area contributed by atoms with Crippen molar-refractivity contribution in [3.05, 3.63) is 81.5 Å². The SMILES string of the molecule is O=C(Nc1c(O)cc(Cl)cc1C(=O)Nc1ccc(Cl)cn1)c1ccc(C2CCCN(CCCN3CCCCC3)C2=O)cc1. The molecule has 9 nitrogen and oxygen atoms in total. The van der Waals surface area contributed by atoms with Gasteiger partial charge in [-0.05, 0) is 87.6 Å². The largest absolute Gasteiger partial charge is 0.506 e. The van der Waals surface area contributed by atoms with Crippen LogP contribution in [0.4, 0.5) is 11.5 Å². The Morgan fingerprint density at radius 3 is 2.37 bits per heavy atom. The molecule has 3 N–H and O–H groups in total. The molecule has 3 heterocycles. The second kappa shape index (κ2) is 14.2. The molecule has 0 aliphatic carbocycles. The van der Waals surface area contributed by atoms with E-state index in [0.717, 1.165) is 57.5 Å². The summed E-state index contributed by atoms with van der Waals surface area (Å²) in [5.41, 5.74) is 1.05. The number of halogens is 2. The third-order valence-corrected chi connectivity index (χ3v) is 8.43. The number of rotatable bonds is 9. The molecule has 0 bridgehead atoms. The van der Waals surface area contributed by atoms with Crippen LogP contribution in [-0.4, -0.2) is 70.3 Å². The highest BCUT2D eigenvalue weighted by atomic mass is 35.5. The highest BCUT2D eigenvalue weighted by molar-refractivity contribution is 6.32. The van der Waals surface area contributed by atoms with E-state index in [9.17, 15) is 19.5 Å². The third-order valence-electron chi connectivity index (χ3n) is 7.99. The van der Waals surface area contributed by atoms with Gasteiger partial charge in [0.1, 0.15) is 11.6 Å². The number of nitrogens with zero attached hydrogens (tertiary/aromatic N) is 3. The van der Waals surface area contributed by atoms with Crippen LogP contribution in [0.25, 0.3) is 0 Å². The van der Waals surface area contributed by atoms with E-state index >= 15 is 0 Å². The second-order valence-corrected chi connectivity index (χ2v) is 11.9. The molecule has 226 valence electrons. The minimum absolute atomic E-state index is 0.0418. The molecule has 2 fully saturated rings. The number of benzene rings is 2. The number of phenolic OH excluding ortho intramolecular Hbond substituents is 1. The molecule has 2 aromatic carbocycles. The van der Waals surface area contributed by atoms with Crippen LogP contribution in [-0.2, 0) is 4.79 Å². The quantitative estimate of drug-likeness (QED) is 0.245. The van der Waals surface area contributed by atoms with Crippen LogP contribution >= 0.6 is 23.2 Å². The van der Waals surface area contributed by atoms with Gasteiger partial charge >= 0.3 is 0 Å². The number of anilines is 2. The first-order valence-corrected chi connectivity index (χ1v) is 15.4. The molecular formula is C32H35Cl2N5O4. The number of piperidine rings is 2. The smallest absolute Gasteiger partial charge is 0.259 e. The zero-order valence-electron chi connectivity index (χ0n) is 23.8. The summed E-state index contributed by atoms with van der Waals surface area (Å²) in [6.07, 6.45) is 7.91. The van der Waals surface area contributed by atoms with E-state index in [4.69, 9.17) is 23.2 Å². The molecule has 1 aromatic heterocycles. The molecule has 11 heteroatoms. The Hall–Kier alpha value is -3.66. The van der Waals surface area contributed by atoms with Crippen LogP contribution in [0.2, 0.25) is 10.0 Å². The van der Waals surface area contributed by atoms with E-state index in [0.29, 0.717) is 10.6 Å². The molecule has 2 aliphatic heterocycles. The topological polar surface area (TPSA) is 115 Å². The number of pyridine rings is 1. The average Bonchev–Trinajstić information content (AvgIpc) is 3.01. The molecular weight excluding hydrogens is 589 g/mol. The van der Waals surface area contributed by atoms with Gasteiger partial charge < -0.3 is 25.5 Å². The molecule has 0 spiro atoms. The van der Waals surface area contributed by atoms with Gasteiger partial charge in [0, 0.05) is 35.9 Å². The van der Waals surface area contributed by atoms with Gasteiger partial charge in [-0.3, -0.25) is 14.4 Å². The third kappa shape index (κ3) is 7.84. The minimum Gasteiger partial charge on any atom is -0.506 e. The van der Waals surface area contributed by atoms with E-state index in [2.05, 4.69) is 20.5 Å². The number of aromatic hydroxyl groups is 1. The number of hydrogen-bond donors (Lipinski definition) is 3. The number of aromatic nitrogens is 1. The van der Waals surface area contributed by atoms with Crippen LogP contribution in [0.5, 0.6) is 5.75 Å². The van der Waals surface area contributed by atoms with E-state index < -0.39 is 11.8 Å². The lowest BCUT2D eigenvalue weighted by molar-refractivity contribution is -0.135. The van der Waals surface area contributed by atoms with Crippen molar-refractivity contribution in [3.63, 3.8) is 0 Å². The van der Waals surface area contributed by atoms with Crippen LogP contribution in [0.3, 0.4) is 0 Å². The van der Waals surface area contributed by atoms with Gasteiger partial charge in [-0.25, -0.2) is 4.98 Å². The standard InChI is InChI=1S/C32H35Cl2N5O4/c33-23-11-12-28(35-20-23)36-31(42)26-18-24(34)19-27(40)29(26)37-30(41)22-9-7-21(8-10-22)25-6-4-16-39(32(25)43)17-5-15-38-13-2-1-3-14-38/h7-12,18-20,25,40H,1-6,13-17H2,(H,37,41)(H,35,36,42). The van der Waals surface area contributed by atoms with Gasteiger partial charge in [0.25, 0.3) is 11.8 Å². The van der Waals surface area contributed by atoms with Crippen molar-refractivity contribution in [1.29, 1.82) is 0 Å². The highest BCUT2D eigenvalue weighted by Gasteiger charge is 2.30. The lowest BCUT2D eigenvalue weighted by Gasteiger charge is -2.33. The maximum atomic E-state index is 13.3. The molecule has 2 aliphatic rings. The van der Waals surface area contributed by atoms with Gasteiger partial charge in [0.05, 0.1) is 22.2 Å². The number of carbonyl (C=O) groups excluding carboxylic acids is 3. The van der Waals surface area contributed by atoms with Crippen LogP contribution < -0.4 is 10.6 Å². The van der Waals surface area contributed by atoms with Gasteiger partial charge in [-0.1, -0.05) is 41.8 Å². The van der Waals surface area contributed by atoms with Crippen molar-refractivity contribution in [2.75, 3.05) is 43.4 Å². The molecule has 0 saturated carbocycles. The van der Waals surface area contributed by atoms with Crippen LogP contribution in [0.1, 0.15) is 70.7 Å². The molecule has 43 heavy (non-hydrogen) atoms. The first-order chi connectivity index (χ1) is 20.8. The zero-order chi connectivity index (χ0) is 30.3. The first kappa shape index (κ1) is 30.8. The minimum atomic E-state index is -0.630. The number of likely N-dealkylation sites (tertiary alicyclic amines) is 2. The fourth-order valence-corrected chi connectivity index (χ4v) is 6.05. The Morgan fingerprint density at radius 2 is 1.65 bits per heavy atom. The lowest BCUT2D eigenvalue weighted by atomic mass is 9.89. The van der Waals surface area contributed by atoms with Crippen molar-refractivity contribution in [1.82, 2.24) is 14.8 Å². The van der Waals surface area contributed by atoms with E-state index in [1.165, 1.54) is 43.7 Å². The number of carbonyl (C=O) groups is 3. The summed E-state index contributed by atoms with van der Waals surface area (Å²) < 4.78 is 0. The summed E-state index contributed by atoms with van der Waals surface area (Å²) in [4.78, 5) is 48.0. The molecule has 1 atom stereocenters. The van der Waals surface area contributed by atoms with E-state index in [-0.39, 0.29) is 39.7 Å². The fraction of sp³-hybridized carbons (Fsp3) is 0.375. The molecule has 2 saturated heterocycles. The molecule has 5 rings (SSSR count). The summed E-state index contributed by atoms with van der Waals surface area (Å²) >= 11 is 12.0. The van der Waals surface area contributed by atoms with Gasteiger partial charge in [-0.2, -0.15) is 0 Å². The number of phenols is 1. The van der Waals surface area contributed by atoms with Crippen LogP contribution in [0, 0.1) is 0 Å². The summed E-state index contributed by atoms with van der Waals surface area (Å²) in [7, 11) is 0. The van der Waals surface area contributed by atoms with Crippen molar-refractivity contribution < 1.29 is 19.5 Å². The van der Waals surface area contributed by atoms with Crippen molar-refractivity contribution >= 4 is 52.4 Å². The van der Waals surface area contributed by atoms with Crippen molar-refractivity contribution in [2.45, 2.75) is 44.4 Å².